The molecule has 0 spiro atoms. The third kappa shape index (κ3) is 1.95. The molecule has 90 valence electrons. The van der Waals surface area contributed by atoms with Crippen LogP contribution < -0.4 is 5.73 Å². The molecular weight excluding hydrogens is 222 g/mol. The molecule has 0 amide bonds. The molecular formula is C15H15N3. The Balaban J connectivity index is 1.98. The number of hydrogen-bond acceptors (Lipinski definition) is 2. The van der Waals surface area contributed by atoms with Gasteiger partial charge in [-0.2, -0.15) is 0 Å². The average Bonchev–Trinajstić information content (AvgIpc) is 2.73. The van der Waals surface area contributed by atoms with Crippen molar-refractivity contribution in [3.8, 4) is 0 Å². The predicted molar refractivity (Wildman–Crippen MR) is 73.6 cm³/mol. The van der Waals surface area contributed by atoms with Gasteiger partial charge in [0, 0.05) is 24.5 Å². The van der Waals surface area contributed by atoms with Crippen LogP contribution in [0.3, 0.4) is 0 Å². The van der Waals surface area contributed by atoms with Gasteiger partial charge in [-0.25, -0.2) is 4.98 Å². The minimum Gasteiger partial charge on any atom is -0.398 e. The van der Waals surface area contributed by atoms with E-state index in [9.17, 15) is 0 Å². The van der Waals surface area contributed by atoms with Crippen LogP contribution >= 0.6 is 0 Å². The molecule has 0 saturated carbocycles. The molecule has 0 saturated heterocycles. The molecule has 2 heterocycles. The standard InChI is InChI=1S/C15H15N3/c1-11-4-2-3-5-12(11)8-14-10-18-9-13(16)6-7-15(18)17-14/h2-7,9-10H,8,16H2,1H3. The van der Waals surface area contributed by atoms with Crippen LogP contribution in [-0.2, 0) is 6.42 Å². The number of nitrogen functional groups attached to an aromatic ring is 1. The van der Waals surface area contributed by atoms with E-state index in [0.29, 0.717) is 0 Å². The van der Waals surface area contributed by atoms with Gasteiger partial charge in [0.15, 0.2) is 0 Å². The zero-order valence-corrected chi connectivity index (χ0v) is 10.3. The fraction of sp³-hybridized carbons (Fsp3) is 0.133. The van der Waals surface area contributed by atoms with Gasteiger partial charge in [0.05, 0.1) is 5.69 Å². The van der Waals surface area contributed by atoms with Gasteiger partial charge < -0.3 is 10.1 Å². The van der Waals surface area contributed by atoms with Crippen LogP contribution in [0, 0.1) is 6.92 Å². The van der Waals surface area contributed by atoms with E-state index in [0.717, 1.165) is 23.4 Å². The highest BCUT2D eigenvalue weighted by Crippen LogP contribution is 2.15. The van der Waals surface area contributed by atoms with Crippen LogP contribution in [0.15, 0.2) is 48.8 Å². The first-order valence-electron chi connectivity index (χ1n) is 6.00. The van der Waals surface area contributed by atoms with Crippen LogP contribution in [0.1, 0.15) is 16.8 Å². The van der Waals surface area contributed by atoms with Gasteiger partial charge in [0.25, 0.3) is 0 Å². The maximum Gasteiger partial charge on any atom is 0.137 e. The maximum atomic E-state index is 5.76. The zero-order valence-electron chi connectivity index (χ0n) is 10.3. The lowest BCUT2D eigenvalue weighted by Gasteiger charge is -2.01. The Morgan fingerprint density at radius 2 is 1.94 bits per heavy atom. The number of rotatable bonds is 2. The Morgan fingerprint density at radius 1 is 1.11 bits per heavy atom. The van der Waals surface area contributed by atoms with Crippen molar-refractivity contribution in [2.24, 2.45) is 0 Å². The lowest BCUT2D eigenvalue weighted by atomic mass is 10.0. The van der Waals surface area contributed by atoms with E-state index >= 15 is 0 Å². The Morgan fingerprint density at radius 3 is 2.78 bits per heavy atom. The molecule has 18 heavy (non-hydrogen) atoms. The Bertz CT molecular complexity index is 698. The molecule has 0 bridgehead atoms. The molecule has 1 aromatic carbocycles. The zero-order chi connectivity index (χ0) is 12.5. The second-order valence-corrected chi connectivity index (χ2v) is 4.56. The molecule has 0 aliphatic carbocycles. The average molecular weight is 237 g/mol. The monoisotopic (exact) mass is 237 g/mol. The van der Waals surface area contributed by atoms with Crippen molar-refractivity contribution >= 4 is 11.3 Å². The van der Waals surface area contributed by atoms with Crippen molar-refractivity contribution in [2.45, 2.75) is 13.3 Å². The summed E-state index contributed by atoms with van der Waals surface area (Å²) in [5, 5.41) is 0. The number of aromatic nitrogens is 2. The Kier molecular flexibility index (Phi) is 2.52. The van der Waals surface area contributed by atoms with E-state index in [1.54, 1.807) is 0 Å². The summed E-state index contributed by atoms with van der Waals surface area (Å²) >= 11 is 0. The fourth-order valence-electron chi connectivity index (χ4n) is 2.15. The molecule has 0 atom stereocenters. The minimum absolute atomic E-state index is 0.752. The van der Waals surface area contributed by atoms with Crippen molar-refractivity contribution < 1.29 is 0 Å². The van der Waals surface area contributed by atoms with Crippen molar-refractivity contribution in [2.75, 3.05) is 5.73 Å². The highest BCUT2D eigenvalue weighted by molar-refractivity contribution is 5.48. The SMILES string of the molecule is Cc1ccccc1Cc1cn2cc(N)ccc2n1. The van der Waals surface area contributed by atoms with Crippen molar-refractivity contribution in [1.82, 2.24) is 9.38 Å². The largest absolute Gasteiger partial charge is 0.398 e. The van der Waals surface area contributed by atoms with Crippen LogP contribution in [0.2, 0.25) is 0 Å². The summed E-state index contributed by atoms with van der Waals surface area (Å²) in [6.07, 6.45) is 4.79. The number of nitrogens with two attached hydrogens (primary N) is 1. The minimum atomic E-state index is 0.752. The molecule has 0 unspecified atom stereocenters. The lowest BCUT2D eigenvalue weighted by molar-refractivity contribution is 1.09. The van der Waals surface area contributed by atoms with E-state index < -0.39 is 0 Å². The first-order chi connectivity index (χ1) is 8.72. The summed E-state index contributed by atoms with van der Waals surface area (Å²) in [6, 6.07) is 12.2. The molecule has 3 nitrogen and oxygen atoms in total. The molecule has 0 fully saturated rings. The number of pyridine rings is 1. The molecule has 0 aliphatic rings. The second kappa shape index (κ2) is 4.18. The summed E-state index contributed by atoms with van der Waals surface area (Å²) in [5.74, 6) is 0. The van der Waals surface area contributed by atoms with Crippen molar-refractivity contribution in [1.29, 1.82) is 0 Å². The van der Waals surface area contributed by atoms with Gasteiger partial charge in [-0.05, 0) is 30.2 Å². The van der Waals surface area contributed by atoms with Gasteiger partial charge in [-0.3, -0.25) is 0 Å². The molecule has 3 rings (SSSR count). The summed E-state index contributed by atoms with van der Waals surface area (Å²) < 4.78 is 1.98. The number of fused-ring (bicyclic) bond motifs is 1. The van der Waals surface area contributed by atoms with E-state index in [1.165, 1.54) is 11.1 Å². The topological polar surface area (TPSA) is 43.3 Å². The van der Waals surface area contributed by atoms with Gasteiger partial charge in [-0.1, -0.05) is 24.3 Å². The first-order valence-corrected chi connectivity index (χ1v) is 6.00. The number of imidazole rings is 1. The first kappa shape index (κ1) is 10.8. The summed E-state index contributed by atoms with van der Waals surface area (Å²) in [6.45, 7) is 2.13. The summed E-state index contributed by atoms with van der Waals surface area (Å²) in [7, 11) is 0. The number of anilines is 1. The molecule has 2 N–H and O–H groups in total. The fourth-order valence-corrected chi connectivity index (χ4v) is 2.15. The van der Waals surface area contributed by atoms with Crippen LogP contribution in [0.4, 0.5) is 5.69 Å². The lowest BCUT2D eigenvalue weighted by Crippen LogP contribution is -1.91. The van der Waals surface area contributed by atoms with Crippen molar-refractivity contribution in [3.05, 3.63) is 65.6 Å². The van der Waals surface area contributed by atoms with Gasteiger partial charge in [-0.15, -0.1) is 0 Å². The third-order valence-corrected chi connectivity index (χ3v) is 3.16. The normalized spacial score (nSPS) is 10.9. The predicted octanol–water partition coefficient (Wildman–Crippen LogP) is 2.82. The van der Waals surface area contributed by atoms with Gasteiger partial charge >= 0.3 is 0 Å². The van der Waals surface area contributed by atoms with Gasteiger partial charge in [0.1, 0.15) is 5.65 Å². The number of nitrogens with zero attached hydrogens (tertiary/aromatic N) is 2. The molecule has 3 aromatic rings. The van der Waals surface area contributed by atoms with Crippen molar-refractivity contribution in [3.63, 3.8) is 0 Å². The van der Waals surface area contributed by atoms with E-state index in [-0.39, 0.29) is 0 Å². The number of benzene rings is 1. The molecule has 0 aliphatic heterocycles. The van der Waals surface area contributed by atoms with Gasteiger partial charge in [0.2, 0.25) is 0 Å². The van der Waals surface area contributed by atoms with Crippen LogP contribution in [0.5, 0.6) is 0 Å². The quantitative estimate of drug-likeness (QED) is 0.744. The van der Waals surface area contributed by atoms with Crippen LogP contribution in [0.25, 0.3) is 5.65 Å². The molecule has 2 aromatic heterocycles. The second-order valence-electron chi connectivity index (χ2n) is 4.56. The highest BCUT2D eigenvalue weighted by Gasteiger charge is 2.04. The number of hydrogen-bond donors (Lipinski definition) is 1. The third-order valence-electron chi connectivity index (χ3n) is 3.16. The maximum absolute atomic E-state index is 5.76. The van der Waals surface area contributed by atoms with E-state index in [2.05, 4.69) is 36.2 Å². The molecule has 3 heteroatoms. The van der Waals surface area contributed by atoms with Crippen LogP contribution in [-0.4, -0.2) is 9.38 Å². The van der Waals surface area contributed by atoms with E-state index in [1.807, 2.05) is 28.9 Å². The summed E-state index contributed by atoms with van der Waals surface area (Å²) in [5.41, 5.74) is 11.1. The Hall–Kier alpha value is -2.29. The highest BCUT2D eigenvalue weighted by atomic mass is 15.0. The number of aryl methyl sites for hydroxylation is 1. The Labute approximate surface area is 106 Å². The summed E-state index contributed by atoms with van der Waals surface area (Å²) in [4.78, 5) is 4.60. The van der Waals surface area contributed by atoms with E-state index in [4.69, 9.17) is 5.73 Å². The molecule has 0 radical (unpaired) electrons. The smallest absolute Gasteiger partial charge is 0.137 e.